The van der Waals surface area contributed by atoms with Crippen LogP contribution in [0.4, 0.5) is 0 Å². The van der Waals surface area contributed by atoms with Gasteiger partial charge in [0.25, 0.3) is 0 Å². The molecule has 2 fully saturated rings. The van der Waals surface area contributed by atoms with E-state index in [2.05, 4.69) is 13.8 Å². The molecule has 0 amide bonds. The number of hydrogen-bond acceptors (Lipinski definition) is 14. The molecule has 2 heterocycles. The van der Waals surface area contributed by atoms with Crippen LogP contribution in [0.15, 0.2) is 0 Å². The van der Waals surface area contributed by atoms with Gasteiger partial charge in [-0.2, -0.15) is 0 Å². The molecule has 2 aliphatic rings. The Bertz CT molecular complexity index is 881. The predicted octanol–water partition coefficient (Wildman–Crippen LogP) is 3.01. The van der Waals surface area contributed by atoms with E-state index >= 15 is 0 Å². The number of ether oxygens (including phenoxy) is 6. The third-order valence-electron chi connectivity index (χ3n) is 9.87. The van der Waals surface area contributed by atoms with Crippen molar-refractivity contribution in [1.82, 2.24) is 0 Å². The molecule has 0 spiro atoms. The van der Waals surface area contributed by atoms with Gasteiger partial charge in [-0.3, -0.25) is 4.79 Å². The molecule has 2 saturated heterocycles. The van der Waals surface area contributed by atoms with Gasteiger partial charge in [-0.25, -0.2) is 0 Å². The zero-order valence-corrected chi connectivity index (χ0v) is 31.8. The van der Waals surface area contributed by atoms with E-state index in [1.807, 2.05) is 0 Å². The minimum atomic E-state index is -1.70. The molecule has 52 heavy (non-hydrogen) atoms. The Labute approximate surface area is 311 Å². The van der Waals surface area contributed by atoms with Gasteiger partial charge in [-0.1, -0.05) is 117 Å². The van der Waals surface area contributed by atoms with Gasteiger partial charge in [0.05, 0.1) is 26.4 Å². The number of carbonyl (C=O) groups is 1. The average Bonchev–Trinajstić information content (AvgIpc) is 3.14. The van der Waals surface area contributed by atoms with Gasteiger partial charge in [0.2, 0.25) is 0 Å². The Morgan fingerprint density at radius 3 is 1.56 bits per heavy atom. The molecular formula is C38H72O14. The summed E-state index contributed by atoms with van der Waals surface area (Å²) in [5.74, 6) is -0.383. The average molecular weight is 753 g/mol. The van der Waals surface area contributed by atoms with E-state index in [0.717, 1.165) is 38.5 Å². The van der Waals surface area contributed by atoms with Crippen molar-refractivity contribution in [1.29, 1.82) is 0 Å². The lowest BCUT2D eigenvalue weighted by Crippen LogP contribution is -2.61. The first-order chi connectivity index (χ1) is 25.1. The van der Waals surface area contributed by atoms with Gasteiger partial charge in [0.1, 0.15) is 54.9 Å². The minimum absolute atomic E-state index is 0.0676. The number of carbonyl (C=O) groups excluding carboxylic acids is 1. The van der Waals surface area contributed by atoms with Crippen LogP contribution in [0.25, 0.3) is 0 Å². The molecule has 0 bridgehead atoms. The van der Waals surface area contributed by atoms with Crippen LogP contribution in [0.1, 0.15) is 136 Å². The molecule has 14 heteroatoms. The Kier molecular flexibility index (Phi) is 25.8. The first-order valence-corrected chi connectivity index (χ1v) is 20.1. The van der Waals surface area contributed by atoms with E-state index in [1.54, 1.807) is 0 Å². The fraction of sp³-hybridized carbons (Fsp3) is 0.974. The summed E-state index contributed by atoms with van der Waals surface area (Å²) in [6, 6.07) is 0. The Hall–Kier alpha value is -1.01. The summed E-state index contributed by atoms with van der Waals surface area (Å²) >= 11 is 0. The summed E-state index contributed by atoms with van der Waals surface area (Å²) in [7, 11) is 0. The molecule has 7 N–H and O–H groups in total. The molecule has 11 unspecified atom stereocenters. The van der Waals surface area contributed by atoms with Crippen LogP contribution in [0.3, 0.4) is 0 Å². The standard InChI is InChI=1S/C38H72O14/c1-3-5-7-9-11-12-13-14-16-18-20-22-47-24-27(50-30(40)21-19-17-15-10-8-6-4-2)25-48-37-36(46)34(44)32(42)29(52-37)26-49-38-35(45)33(43)31(41)28(23-39)51-38/h27-29,31-39,41-46H,3-26H2,1-2H3. The maximum Gasteiger partial charge on any atom is 0.306 e. The highest BCUT2D eigenvalue weighted by Gasteiger charge is 2.47. The fourth-order valence-corrected chi connectivity index (χ4v) is 6.46. The second kappa shape index (κ2) is 28.4. The highest BCUT2D eigenvalue weighted by atomic mass is 16.7. The summed E-state index contributed by atoms with van der Waals surface area (Å²) in [4.78, 5) is 12.8. The summed E-state index contributed by atoms with van der Waals surface area (Å²) in [6.45, 7) is 3.62. The van der Waals surface area contributed by atoms with Crippen LogP contribution in [0.2, 0.25) is 0 Å². The first kappa shape index (κ1) is 47.1. The Balaban J connectivity index is 1.85. The molecule has 308 valence electrons. The van der Waals surface area contributed by atoms with Crippen molar-refractivity contribution in [3.8, 4) is 0 Å². The van der Waals surface area contributed by atoms with Gasteiger partial charge in [-0.15, -0.1) is 0 Å². The van der Waals surface area contributed by atoms with E-state index in [9.17, 15) is 40.5 Å². The van der Waals surface area contributed by atoms with Crippen molar-refractivity contribution < 1.29 is 69.0 Å². The maximum absolute atomic E-state index is 12.8. The highest BCUT2D eigenvalue weighted by Crippen LogP contribution is 2.26. The molecule has 0 saturated carbocycles. The lowest BCUT2D eigenvalue weighted by molar-refractivity contribution is -0.332. The van der Waals surface area contributed by atoms with E-state index < -0.39 is 80.7 Å². The van der Waals surface area contributed by atoms with Crippen LogP contribution >= 0.6 is 0 Å². The molecule has 0 aromatic rings. The lowest BCUT2D eigenvalue weighted by atomic mass is 9.98. The lowest BCUT2D eigenvalue weighted by Gasteiger charge is -2.42. The second-order valence-corrected chi connectivity index (χ2v) is 14.5. The van der Waals surface area contributed by atoms with Crippen molar-refractivity contribution in [3.05, 3.63) is 0 Å². The number of rotatable bonds is 30. The molecule has 0 aliphatic carbocycles. The summed E-state index contributed by atoms with van der Waals surface area (Å²) < 4.78 is 33.9. The molecule has 0 aromatic heterocycles. The molecule has 2 rings (SSSR count). The normalized spacial score (nSPS) is 30.0. The molecular weight excluding hydrogens is 680 g/mol. The van der Waals surface area contributed by atoms with E-state index in [4.69, 9.17) is 28.4 Å². The summed E-state index contributed by atoms with van der Waals surface area (Å²) in [6.07, 6.45) is 4.94. The first-order valence-electron chi connectivity index (χ1n) is 20.1. The summed E-state index contributed by atoms with van der Waals surface area (Å²) in [5.41, 5.74) is 0. The van der Waals surface area contributed by atoms with Crippen LogP contribution in [0, 0.1) is 0 Å². The number of unbranched alkanes of at least 4 members (excludes halogenated alkanes) is 16. The van der Waals surface area contributed by atoms with Gasteiger partial charge < -0.3 is 64.2 Å². The Morgan fingerprint density at radius 1 is 0.558 bits per heavy atom. The van der Waals surface area contributed by atoms with Crippen molar-refractivity contribution in [2.45, 2.75) is 203 Å². The van der Waals surface area contributed by atoms with Gasteiger partial charge in [0, 0.05) is 13.0 Å². The van der Waals surface area contributed by atoms with Gasteiger partial charge >= 0.3 is 5.97 Å². The number of hydrogen-bond donors (Lipinski definition) is 7. The molecule has 0 aromatic carbocycles. The molecule has 14 nitrogen and oxygen atoms in total. The highest BCUT2D eigenvalue weighted by molar-refractivity contribution is 5.69. The largest absolute Gasteiger partial charge is 0.457 e. The third kappa shape index (κ3) is 18.1. The van der Waals surface area contributed by atoms with Crippen LogP contribution < -0.4 is 0 Å². The topological polar surface area (TPSA) is 214 Å². The fourth-order valence-electron chi connectivity index (χ4n) is 6.46. The van der Waals surface area contributed by atoms with Crippen molar-refractivity contribution >= 4 is 5.97 Å². The monoisotopic (exact) mass is 752 g/mol. The van der Waals surface area contributed by atoms with Crippen molar-refractivity contribution in [2.24, 2.45) is 0 Å². The van der Waals surface area contributed by atoms with Gasteiger partial charge in [-0.05, 0) is 12.8 Å². The van der Waals surface area contributed by atoms with Crippen LogP contribution in [-0.4, -0.2) is 142 Å². The zero-order chi connectivity index (χ0) is 38.1. The van der Waals surface area contributed by atoms with Crippen LogP contribution in [-0.2, 0) is 33.2 Å². The summed E-state index contributed by atoms with van der Waals surface area (Å²) in [5, 5.41) is 71.5. The molecule has 2 aliphatic heterocycles. The molecule has 0 radical (unpaired) electrons. The predicted molar refractivity (Wildman–Crippen MR) is 192 cm³/mol. The number of aliphatic hydroxyl groups is 7. The van der Waals surface area contributed by atoms with Crippen molar-refractivity contribution in [2.75, 3.05) is 33.0 Å². The van der Waals surface area contributed by atoms with Crippen LogP contribution in [0.5, 0.6) is 0 Å². The zero-order valence-electron chi connectivity index (χ0n) is 31.8. The Morgan fingerprint density at radius 2 is 1.02 bits per heavy atom. The van der Waals surface area contributed by atoms with Crippen molar-refractivity contribution in [3.63, 3.8) is 0 Å². The second-order valence-electron chi connectivity index (χ2n) is 14.5. The quantitative estimate of drug-likeness (QED) is 0.0415. The minimum Gasteiger partial charge on any atom is -0.457 e. The third-order valence-corrected chi connectivity index (χ3v) is 9.87. The number of esters is 1. The van der Waals surface area contributed by atoms with E-state index in [-0.39, 0.29) is 25.6 Å². The maximum atomic E-state index is 12.8. The number of aliphatic hydroxyl groups excluding tert-OH is 7. The van der Waals surface area contributed by atoms with E-state index in [0.29, 0.717) is 13.0 Å². The molecule has 11 atom stereocenters. The SMILES string of the molecule is CCCCCCCCCCCCCOCC(COC1OC(COC2OC(CO)C(O)C(O)C2O)C(O)C(O)C1O)OC(=O)CCCCCCCCC. The van der Waals surface area contributed by atoms with Gasteiger partial charge in [0.15, 0.2) is 12.6 Å². The smallest absolute Gasteiger partial charge is 0.306 e. The van der Waals surface area contributed by atoms with E-state index in [1.165, 1.54) is 70.6 Å².